The van der Waals surface area contributed by atoms with Gasteiger partial charge in [-0.05, 0) is 54.4 Å². The van der Waals surface area contributed by atoms with Gasteiger partial charge in [0.15, 0.2) is 0 Å². The summed E-state index contributed by atoms with van der Waals surface area (Å²) in [6.07, 6.45) is 0. The van der Waals surface area contributed by atoms with Crippen LogP contribution in [0, 0.1) is 6.92 Å². The molecule has 6 nitrogen and oxygen atoms in total. The van der Waals surface area contributed by atoms with E-state index in [0.717, 1.165) is 55.0 Å². The van der Waals surface area contributed by atoms with Crippen molar-refractivity contribution in [3.8, 4) is 0 Å². The van der Waals surface area contributed by atoms with Gasteiger partial charge in [0.1, 0.15) is 0 Å². The monoisotopic (exact) mass is 424 g/mol. The molecule has 1 aliphatic rings. The van der Waals surface area contributed by atoms with Crippen molar-refractivity contribution in [3.63, 3.8) is 0 Å². The van der Waals surface area contributed by atoms with Gasteiger partial charge >= 0.3 is 0 Å². The summed E-state index contributed by atoms with van der Waals surface area (Å²) in [5, 5.41) is 2.96. The van der Waals surface area contributed by atoms with Crippen molar-refractivity contribution in [2.24, 2.45) is 0 Å². The summed E-state index contributed by atoms with van der Waals surface area (Å²) in [7, 11) is 0. The van der Waals surface area contributed by atoms with Crippen molar-refractivity contribution in [2.75, 3.05) is 57.7 Å². The molecule has 2 amide bonds. The largest absolute Gasteiger partial charge is 0.342 e. The molecule has 1 aromatic carbocycles. The first kappa shape index (κ1) is 20.9. The van der Waals surface area contributed by atoms with Crippen molar-refractivity contribution in [1.82, 2.24) is 14.7 Å². The smallest absolute Gasteiger partial charge is 0.238 e. The molecule has 0 aromatic heterocycles. The Morgan fingerprint density at radius 2 is 1.65 bits per heavy atom. The fourth-order valence-electron chi connectivity index (χ4n) is 3.09. The van der Waals surface area contributed by atoms with E-state index in [1.807, 2.05) is 43.9 Å². The van der Waals surface area contributed by atoms with Crippen LogP contribution in [-0.2, 0) is 9.59 Å². The third kappa shape index (κ3) is 6.07. The molecule has 144 valence electrons. The Labute approximate surface area is 164 Å². The van der Waals surface area contributed by atoms with E-state index in [-0.39, 0.29) is 11.8 Å². The molecule has 0 bridgehead atoms. The molecule has 0 unspecified atom stereocenters. The molecular weight excluding hydrogens is 396 g/mol. The number of amides is 2. The Morgan fingerprint density at radius 3 is 2.19 bits per heavy atom. The SMILES string of the molecule is CCN(CC)C(=O)CN1CCN(CC(=O)Nc2ccc(C)cc2Br)CC1. The van der Waals surface area contributed by atoms with Crippen molar-refractivity contribution in [1.29, 1.82) is 0 Å². The minimum Gasteiger partial charge on any atom is -0.342 e. The Balaban J connectivity index is 1.76. The lowest BCUT2D eigenvalue weighted by atomic mass is 10.2. The maximum atomic E-state index is 12.3. The highest BCUT2D eigenvalue weighted by atomic mass is 79.9. The first-order valence-corrected chi connectivity index (χ1v) is 10.0. The minimum atomic E-state index is -0.0118. The molecule has 0 atom stereocenters. The summed E-state index contributed by atoms with van der Waals surface area (Å²) in [6, 6.07) is 5.88. The number of halogens is 1. The van der Waals surface area contributed by atoms with E-state index in [0.29, 0.717) is 13.1 Å². The van der Waals surface area contributed by atoms with Crippen LogP contribution >= 0.6 is 15.9 Å². The molecule has 0 radical (unpaired) electrons. The fourth-order valence-corrected chi connectivity index (χ4v) is 3.68. The predicted molar refractivity (Wildman–Crippen MR) is 108 cm³/mol. The number of hydrogen-bond acceptors (Lipinski definition) is 4. The Morgan fingerprint density at radius 1 is 1.08 bits per heavy atom. The molecule has 1 aliphatic heterocycles. The van der Waals surface area contributed by atoms with Gasteiger partial charge in [-0.25, -0.2) is 0 Å². The number of hydrogen-bond donors (Lipinski definition) is 1. The zero-order valence-electron chi connectivity index (χ0n) is 15.9. The predicted octanol–water partition coefficient (Wildman–Crippen LogP) is 2.18. The minimum absolute atomic E-state index is 0.0118. The summed E-state index contributed by atoms with van der Waals surface area (Å²) in [6.45, 7) is 11.6. The third-order valence-corrected chi connectivity index (χ3v) is 5.36. The van der Waals surface area contributed by atoms with E-state index in [2.05, 4.69) is 31.0 Å². The number of rotatable bonds is 7. The molecule has 0 saturated carbocycles. The number of carbonyl (C=O) groups is 2. The quantitative estimate of drug-likeness (QED) is 0.728. The van der Waals surface area contributed by atoms with Gasteiger partial charge in [0, 0.05) is 43.7 Å². The molecule has 1 aromatic rings. The standard InChI is InChI=1S/C19H29BrN4O2/c1-4-24(5-2)19(26)14-23-10-8-22(9-11-23)13-18(25)21-17-7-6-15(3)12-16(17)20/h6-7,12H,4-5,8-11,13-14H2,1-3H3,(H,21,25). The molecule has 26 heavy (non-hydrogen) atoms. The number of piperazine rings is 1. The normalized spacial score (nSPS) is 15.7. The lowest BCUT2D eigenvalue weighted by Crippen LogP contribution is -2.51. The van der Waals surface area contributed by atoms with Gasteiger partial charge in [-0.2, -0.15) is 0 Å². The average Bonchev–Trinajstić information content (AvgIpc) is 2.60. The number of nitrogens with zero attached hydrogens (tertiary/aromatic N) is 3. The molecular formula is C19H29BrN4O2. The van der Waals surface area contributed by atoms with Gasteiger partial charge in [0.05, 0.1) is 18.8 Å². The second-order valence-corrected chi connectivity index (χ2v) is 7.50. The molecule has 2 rings (SSSR count). The summed E-state index contributed by atoms with van der Waals surface area (Å²) >= 11 is 3.48. The first-order valence-electron chi connectivity index (χ1n) is 9.21. The second kappa shape index (κ2) is 10.0. The third-order valence-electron chi connectivity index (χ3n) is 4.71. The van der Waals surface area contributed by atoms with Crippen molar-refractivity contribution >= 4 is 33.4 Å². The zero-order chi connectivity index (χ0) is 19.1. The number of carbonyl (C=O) groups excluding carboxylic acids is 2. The molecule has 7 heteroatoms. The topological polar surface area (TPSA) is 55.9 Å². The van der Waals surface area contributed by atoms with Gasteiger partial charge in [-0.15, -0.1) is 0 Å². The Bertz CT molecular complexity index is 626. The van der Waals surface area contributed by atoms with Crippen LogP contribution in [0.3, 0.4) is 0 Å². The molecule has 0 spiro atoms. The van der Waals surface area contributed by atoms with E-state index in [1.54, 1.807) is 0 Å². The molecule has 1 heterocycles. The Kier molecular flexibility index (Phi) is 8.06. The average molecular weight is 425 g/mol. The number of benzene rings is 1. The van der Waals surface area contributed by atoms with Crippen LogP contribution in [0.2, 0.25) is 0 Å². The van der Waals surface area contributed by atoms with Crippen LogP contribution in [0.5, 0.6) is 0 Å². The van der Waals surface area contributed by atoms with E-state index in [1.165, 1.54) is 0 Å². The van der Waals surface area contributed by atoms with E-state index in [9.17, 15) is 9.59 Å². The zero-order valence-corrected chi connectivity index (χ0v) is 17.5. The lowest BCUT2D eigenvalue weighted by molar-refractivity contribution is -0.132. The van der Waals surface area contributed by atoms with Crippen LogP contribution < -0.4 is 5.32 Å². The molecule has 1 N–H and O–H groups in total. The van der Waals surface area contributed by atoms with Crippen molar-refractivity contribution in [3.05, 3.63) is 28.2 Å². The summed E-state index contributed by atoms with van der Waals surface area (Å²) in [5.41, 5.74) is 1.94. The number of likely N-dealkylation sites (N-methyl/N-ethyl adjacent to an activating group) is 1. The van der Waals surface area contributed by atoms with Gasteiger partial charge < -0.3 is 10.2 Å². The van der Waals surface area contributed by atoms with Gasteiger partial charge in [0.25, 0.3) is 0 Å². The fraction of sp³-hybridized carbons (Fsp3) is 0.579. The number of anilines is 1. The van der Waals surface area contributed by atoms with Crippen molar-refractivity contribution < 1.29 is 9.59 Å². The molecule has 0 aliphatic carbocycles. The molecule has 1 fully saturated rings. The van der Waals surface area contributed by atoms with Crippen LogP contribution in [0.15, 0.2) is 22.7 Å². The van der Waals surface area contributed by atoms with Crippen LogP contribution in [0.1, 0.15) is 19.4 Å². The van der Waals surface area contributed by atoms with Gasteiger partial charge in [0.2, 0.25) is 11.8 Å². The van der Waals surface area contributed by atoms with Gasteiger partial charge in [-0.1, -0.05) is 6.07 Å². The first-order chi connectivity index (χ1) is 12.4. The number of aryl methyl sites for hydroxylation is 1. The maximum absolute atomic E-state index is 12.3. The van der Waals surface area contributed by atoms with E-state index in [4.69, 9.17) is 0 Å². The summed E-state index contributed by atoms with van der Waals surface area (Å²) in [4.78, 5) is 30.7. The van der Waals surface area contributed by atoms with E-state index >= 15 is 0 Å². The van der Waals surface area contributed by atoms with Gasteiger partial charge in [-0.3, -0.25) is 19.4 Å². The molecule has 1 saturated heterocycles. The van der Waals surface area contributed by atoms with Crippen molar-refractivity contribution in [2.45, 2.75) is 20.8 Å². The van der Waals surface area contributed by atoms with Crippen LogP contribution in [-0.4, -0.2) is 78.9 Å². The second-order valence-electron chi connectivity index (χ2n) is 6.65. The lowest BCUT2D eigenvalue weighted by Gasteiger charge is -2.34. The highest BCUT2D eigenvalue weighted by Gasteiger charge is 2.22. The van der Waals surface area contributed by atoms with Crippen LogP contribution in [0.4, 0.5) is 5.69 Å². The van der Waals surface area contributed by atoms with E-state index < -0.39 is 0 Å². The Hall–Kier alpha value is -1.44. The highest BCUT2D eigenvalue weighted by Crippen LogP contribution is 2.23. The van der Waals surface area contributed by atoms with Crippen LogP contribution in [0.25, 0.3) is 0 Å². The highest BCUT2D eigenvalue weighted by molar-refractivity contribution is 9.10. The maximum Gasteiger partial charge on any atom is 0.238 e. The summed E-state index contributed by atoms with van der Waals surface area (Å²) < 4.78 is 0.894. The number of nitrogens with one attached hydrogen (secondary N) is 1. The summed E-state index contributed by atoms with van der Waals surface area (Å²) in [5.74, 6) is 0.174.